The summed E-state index contributed by atoms with van der Waals surface area (Å²) in [6, 6.07) is 0. The average molecular weight is 274 g/mol. The first kappa shape index (κ1) is 17.0. The monoisotopic (exact) mass is 274 g/mol. The van der Waals surface area contributed by atoms with Crippen molar-refractivity contribution in [2.45, 2.75) is 59.7 Å². The van der Waals surface area contributed by atoms with Gasteiger partial charge in [0.1, 0.15) is 0 Å². The van der Waals surface area contributed by atoms with Crippen LogP contribution in [0.1, 0.15) is 48.5 Å². The smallest absolute Gasteiger partial charge is 0.399 e. The van der Waals surface area contributed by atoms with Crippen LogP contribution >= 0.6 is 0 Å². The fourth-order valence-electron chi connectivity index (χ4n) is 1.94. The van der Waals surface area contributed by atoms with Crippen LogP contribution in [0.5, 0.6) is 0 Å². The molecular weight excluding hydrogens is 247 g/mol. The van der Waals surface area contributed by atoms with Gasteiger partial charge in [0.05, 0.1) is 11.2 Å². The SMILES string of the molecule is C=C(C=CC)C(C)=CC(=CC)B1OC(C)(C)C(C)(C)O1. The highest BCUT2D eigenvalue weighted by Gasteiger charge is 2.51. The van der Waals surface area contributed by atoms with Crippen molar-refractivity contribution >= 4 is 7.12 Å². The zero-order valence-corrected chi connectivity index (χ0v) is 13.9. The highest BCUT2D eigenvalue weighted by Crippen LogP contribution is 2.38. The minimum Gasteiger partial charge on any atom is -0.399 e. The number of hydrogen-bond donors (Lipinski definition) is 0. The lowest BCUT2D eigenvalue weighted by Crippen LogP contribution is -2.41. The Bertz CT molecular complexity index is 451. The molecule has 1 heterocycles. The molecule has 0 bridgehead atoms. The molecule has 20 heavy (non-hydrogen) atoms. The third kappa shape index (κ3) is 3.53. The molecule has 110 valence electrons. The van der Waals surface area contributed by atoms with Gasteiger partial charge in [-0.05, 0) is 65.1 Å². The van der Waals surface area contributed by atoms with Crippen LogP contribution in [-0.4, -0.2) is 18.3 Å². The Morgan fingerprint density at radius 1 is 1.05 bits per heavy atom. The molecule has 0 aliphatic carbocycles. The minimum absolute atomic E-state index is 0.312. The van der Waals surface area contributed by atoms with Gasteiger partial charge in [-0.2, -0.15) is 0 Å². The van der Waals surface area contributed by atoms with E-state index < -0.39 is 0 Å². The summed E-state index contributed by atoms with van der Waals surface area (Å²) in [5.74, 6) is 0. The molecule has 0 aromatic heterocycles. The summed E-state index contributed by atoms with van der Waals surface area (Å²) in [5, 5.41) is 0. The van der Waals surface area contributed by atoms with Crippen LogP contribution in [0.2, 0.25) is 0 Å². The highest BCUT2D eigenvalue weighted by atomic mass is 16.7. The van der Waals surface area contributed by atoms with Crippen molar-refractivity contribution in [3.63, 3.8) is 0 Å². The van der Waals surface area contributed by atoms with Crippen molar-refractivity contribution in [1.29, 1.82) is 0 Å². The van der Waals surface area contributed by atoms with Gasteiger partial charge in [0.2, 0.25) is 0 Å². The van der Waals surface area contributed by atoms with Crippen molar-refractivity contribution in [3.8, 4) is 0 Å². The van der Waals surface area contributed by atoms with Gasteiger partial charge >= 0.3 is 7.12 Å². The van der Waals surface area contributed by atoms with Gasteiger partial charge in [-0.1, -0.05) is 30.9 Å². The molecule has 0 N–H and O–H groups in total. The van der Waals surface area contributed by atoms with Crippen LogP contribution in [0.25, 0.3) is 0 Å². The molecule has 1 aliphatic heterocycles. The van der Waals surface area contributed by atoms with Gasteiger partial charge in [-0.3, -0.25) is 0 Å². The van der Waals surface area contributed by atoms with Gasteiger partial charge in [-0.25, -0.2) is 0 Å². The third-order valence-corrected chi connectivity index (χ3v) is 4.12. The molecule has 1 rings (SSSR count). The second-order valence-electron chi connectivity index (χ2n) is 6.23. The van der Waals surface area contributed by atoms with Crippen LogP contribution in [0.4, 0.5) is 0 Å². The molecule has 0 radical (unpaired) electrons. The quantitative estimate of drug-likeness (QED) is 0.549. The molecule has 1 aliphatic rings. The number of allylic oxidation sites excluding steroid dienone is 7. The molecule has 3 heteroatoms. The highest BCUT2D eigenvalue weighted by molar-refractivity contribution is 6.55. The Balaban J connectivity index is 2.96. The van der Waals surface area contributed by atoms with Gasteiger partial charge in [0.15, 0.2) is 0 Å². The Kier molecular flexibility index (Phi) is 5.23. The molecule has 0 unspecified atom stereocenters. The number of hydrogen-bond acceptors (Lipinski definition) is 2. The lowest BCUT2D eigenvalue weighted by atomic mass is 9.76. The standard InChI is InChI=1S/C17H27BO2/c1-9-11-13(3)14(4)12-15(10-2)18-19-16(5,6)17(7,8)20-18/h9-12H,3H2,1-2,4-8H3. The molecule has 1 fully saturated rings. The summed E-state index contributed by atoms with van der Waals surface area (Å²) in [6.07, 6.45) is 8.12. The zero-order chi connectivity index (χ0) is 15.6. The molecule has 0 aromatic rings. The van der Waals surface area contributed by atoms with E-state index in [1.165, 1.54) is 0 Å². The van der Waals surface area contributed by atoms with Crippen molar-refractivity contribution in [2.75, 3.05) is 0 Å². The predicted molar refractivity (Wildman–Crippen MR) is 87.6 cm³/mol. The Labute approximate surface area is 124 Å². The van der Waals surface area contributed by atoms with Crippen LogP contribution in [0, 0.1) is 0 Å². The van der Waals surface area contributed by atoms with E-state index >= 15 is 0 Å². The lowest BCUT2D eigenvalue weighted by Gasteiger charge is -2.32. The summed E-state index contributed by atoms with van der Waals surface area (Å²) in [7, 11) is -0.321. The van der Waals surface area contributed by atoms with Crippen molar-refractivity contribution < 1.29 is 9.31 Å². The third-order valence-electron chi connectivity index (χ3n) is 4.12. The van der Waals surface area contributed by atoms with E-state index in [1.54, 1.807) is 0 Å². The minimum atomic E-state index is -0.321. The topological polar surface area (TPSA) is 18.5 Å². The summed E-state index contributed by atoms with van der Waals surface area (Å²) in [5.41, 5.74) is 2.53. The van der Waals surface area contributed by atoms with Crippen molar-refractivity contribution in [1.82, 2.24) is 0 Å². The second kappa shape index (κ2) is 6.15. The van der Waals surface area contributed by atoms with Gasteiger partial charge in [0, 0.05) is 0 Å². The molecule has 0 spiro atoms. The van der Waals surface area contributed by atoms with E-state index in [9.17, 15) is 0 Å². The van der Waals surface area contributed by atoms with Crippen LogP contribution < -0.4 is 0 Å². The number of rotatable bonds is 4. The van der Waals surface area contributed by atoms with Gasteiger partial charge in [0.25, 0.3) is 0 Å². The van der Waals surface area contributed by atoms with Crippen LogP contribution in [-0.2, 0) is 9.31 Å². The summed E-state index contributed by atoms with van der Waals surface area (Å²) >= 11 is 0. The summed E-state index contributed by atoms with van der Waals surface area (Å²) in [4.78, 5) is 0. The van der Waals surface area contributed by atoms with Crippen molar-refractivity contribution in [3.05, 3.63) is 47.5 Å². The Morgan fingerprint density at radius 2 is 1.55 bits per heavy atom. The van der Waals surface area contributed by atoms with E-state index in [0.29, 0.717) is 0 Å². The van der Waals surface area contributed by atoms with E-state index in [-0.39, 0.29) is 18.3 Å². The van der Waals surface area contributed by atoms with Gasteiger partial charge < -0.3 is 9.31 Å². The maximum Gasteiger partial charge on any atom is 0.494 e. The molecule has 0 amide bonds. The molecule has 1 saturated heterocycles. The summed E-state index contributed by atoms with van der Waals surface area (Å²) < 4.78 is 12.1. The van der Waals surface area contributed by atoms with Crippen molar-refractivity contribution in [2.24, 2.45) is 0 Å². The first-order valence-corrected chi connectivity index (χ1v) is 7.16. The zero-order valence-electron chi connectivity index (χ0n) is 13.9. The normalized spacial score (nSPS) is 22.6. The van der Waals surface area contributed by atoms with Crippen LogP contribution in [0.3, 0.4) is 0 Å². The molecule has 0 aromatic carbocycles. The molecule has 0 atom stereocenters. The van der Waals surface area contributed by atoms with E-state index in [0.717, 1.165) is 16.6 Å². The fraction of sp³-hybridized carbons (Fsp3) is 0.529. The van der Waals surface area contributed by atoms with E-state index in [2.05, 4.69) is 47.3 Å². The molecular formula is C17H27BO2. The molecule has 0 saturated carbocycles. The van der Waals surface area contributed by atoms with Gasteiger partial charge in [-0.15, -0.1) is 0 Å². The second-order valence-corrected chi connectivity index (χ2v) is 6.23. The Hall–Kier alpha value is -1.06. The maximum absolute atomic E-state index is 6.07. The fourth-order valence-corrected chi connectivity index (χ4v) is 1.94. The van der Waals surface area contributed by atoms with E-state index in [4.69, 9.17) is 9.31 Å². The van der Waals surface area contributed by atoms with E-state index in [1.807, 2.05) is 32.1 Å². The molecule has 2 nitrogen and oxygen atoms in total. The first-order chi connectivity index (χ1) is 9.14. The maximum atomic E-state index is 6.07. The van der Waals surface area contributed by atoms with Crippen LogP contribution in [0.15, 0.2) is 47.5 Å². The average Bonchev–Trinajstić information content (AvgIpc) is 2.55. The summed E-state index contributed by atoms with van der Waals surface area (Å²) in [6.45, 7) is 18.4. The lowest BCUT2D eigenvalue weighted by molar-refractivity contribution is 0.00578. The predicted octanol–water partition coefficient (Wildman–Crippen LogP) is 4.64. The first-order valence-electron chi connectivity index (χ1n) is 7.16. The largest absolute Gasteiger partial charge is 0.494 e. The Morgan fingerprint density at radius 3 is 1.95 bits per heavy atom.